The summed E-state index contributed by atoms with van der Waals surface area (Å²) >= 11 is 1.32. The largest absolute Gasteiger partial charge is 0.494 e. The zero-order valence-electron chi connectivity index (χ0n) is 15.8. The molecule has 0 unspecified atom stereocenters. The van der Waals surface area contributed by atoms with E-state index in [-0.39, 0.29) is 5.91 Å². The average molecular weight is 402 g/mol. The number of imide groups is 1. The first kappa shape index (κ1) is 18.7. The maximum atomic E-state index is 12.8. The van der Waals surface area contributed by atoms with Crippen molar-refractivity contribution in [2.45, 2.75) is 51.1 Å². The first-order valence-electron chi connectivity index (χ1n) is 9.43. The number of nitrogens with one attached hydrogen (secondary N) is 2. The van der Waals surface area contributed by atoms with Gasteiger partial charge < -0.3 is 15.4 Å². The van der Waals surface area contributed by atoms with Gasteiger partial charge in [0.2, 0.25) is 5.91 Å². The molecular formula is C19H22N4O4S. The minimum atomic E-state index is -0.918. The summed E-state index contributed by atoms with van der Waals surface area (Å²) in [5.74, 6) is -0.00275. The summed E-state index contributed by atoms with van der Waals surface area (Å²) in [6, 6.07) is 4.11. The Morgan fingerprint density at radius 3 is 2.86 bits per heavy atom. The van der Waals surface area contributed by atoms with Crippen molar-refractivity contribution >= 4 is 44.5 Å². The molecule has 8 nitrogen and oxygen atoms in total. The van der Waals surface area contributed by atoms with Crippen molar-refractivity contribution in [3.05, 3.63) is 18.2 Å². The maximum absolute atomic E-state index is 12.8. The van der Waals surface area contributed by atoms with Crippen molar-refractivity contribution in [1.82, 2.24) is 15.2 Å². The molecule has 148 valence electrons. The van der Waals surface area contributed by atoms with Gasteiger partial charge in [0.05, 0.1) is 16.8 Å². The van der Waals surface area contributed by atoms with E-state index in [1.165, 1.54) is 11.3 Å². The van der Waals surface area contributed by atoms with Crippen LogP contribution in [0.1, 0.15) is 39.5 Å². The van der Waals surface area contributed by atoms with E-state index in [0.717, 1.165) is 33.7 Å². The number of carbonyl (C=O) groups excluding carboxylic acids is 3. The molecule has 4 amide bonds. The molecule has 2 N–H and O–H groups in total. The molecule has 9 heteroatoms. The molecule has 2 fully saturated rings. The third-order valence-corrected chi connectivity index (χ3v) is 6.25. The highest BCUT2D eigenvalue weighted by atomic mass is 32.1. The van der Waals surface area contributed by atoms with E-state index in [0.29, 0.717) is 24.6 Å². The number of hydrogen-bond acceptors (Lipinski definition) is 6. The van der Waals surface area contributed by atoms with E-state index in [4.69, 9.17) is 4.74 Å². The molecule has 28 heavy (non-hydrogen) atoms. The molecule has 0 radical (unpaired) electrons. The van der Waals surface area contributed by atoms with Crippen molar-refractivity contribution in [2.24, 2.45) is 0 Å². The van der Waals surface area contributed by atoms with Gasteiger partial charge in [0.15, 0.2) is 5.13 Å². The van der Waals surface area contributed by atoms with Gasteiger partial charge in [-0.05, 0) is 44.9 Å². The summed E-state index contributed by atoms with van der Waals surface area (Å²) in [7, 11) is 0. The van der Waals surface area contributed by atoms with Gasteiger partial charge in [0, 0.05) is 0 Å². The van der Waals surface area contributed by atoms with Crippen LogP contribution >= 0.6 is 11.3 Å². The molecule has 1 saturated heterocycles. The highest BCUT2D eigenvalue weighted by Crippen LogP contribution is 2.36. The Morgan fingerprint density at radius 1 is 1.39 bits per heavy atom. The number of fused-ring (bicyclic) bond motifs is 1. The number of nitrogens with zero attached hydrogens (tertiary/aromatic N) is 2. The van der Waals surface area contributed by atoms with Gasteiger partial charge in [0.1, 0.15) is 17.3 Å². The Labute approximate surface area is 166 Å². The molecule has 1 aliphatic heterocycles. The van der Waals surface area contributed by atoms with Gasteiger partial charge in [-0.1, -0.05) is 24.2 Å². The van der Waals surface area contributed by atoms with Crippen LogP contribution in [0.2, 0.25) is 0 Å². The van der Waals surface area contributed by atoms with Gasteiger partial charge in [0.25, 0.3) is 5.91 Å². The van der Waals surface area contributed by atoms with Crippen molar-refractivity contribution in [3.63, 3.8) is 0 Å². The summed E-state index contributed by atoms with van der Waals surface area (Å²) in [4.78, 5) is 43.3. The average Bonchev–Trinajstić information content (AvgIpc) is 3.34. The third-order valence-electron chi connectivity index (χ3n) is 5.32. The van der Waals surface area contributed by atoms with E-state index in [1.54, 1.807) is 6.92 Å². The first-order valence-corrected chi connectivity index (χ1v) is 10.3. The summed E-state index contributed by atoms with van der Waals surface area (Å²) in [5.41, 5.74) is -0.0757. The van der Waals surface area contributed by atoms with Crippen LogP contribution in [0.4, 0.5) is 9.93 Å². The minimum Gasteiger partial charge on any atom is -0.494 e. The first-order chi connectivity index (χ1) is 13.4. The highest BCUT2D eigenvalue weighted by molar-refractivity contribution is 7.22. The van der Waals surface area contributed by atoms with Crippen LogP contribution in [0, 0.1) is 0 Å². The van der Waals surface area contributed by atoms with E-state index in [9.17, 15) is 14.4 Å². The van der Waals surface area contributed by atoms with Gasteiger partial charge in [-0.25, -0.2) is 14.7 Å². The number of aromatic nitrogens is 1. The Kier molecular flexibility index (Phi) is 4.70. The van der Waals surface area contributed by atoms with Crippen molar-refractivity contribution in [3.8, 4) is 5.75 Å². The molecule has 1 atom stereocenters. The Morgan fingerprint density at radius 2 is 2.14 bits per heavy atom. The van der Waals surface area contributed by atoms with Gasteiger partial charge in [-0.2, -0.15) is 0 Å². The number of hydrogen-bond donors (Lipinski definition) is 2. The van der Waals surface area contributed by atoms with Gasteiger partial charge in [-0.3, -0.25) is 9.59 Å². The number of benzene rings is 1. The third kappa shape index (κ3) is 3.09. The molecule has 1 aliphatic carbocycles. The Hall–Kier alpha value is -2.68. The van der Waals surface area contributed by atoms with Crippen molar-refractivity contribution < 1.29 is 19.1 Å². The normalized spacial score (nSPS) is 19.3. The molecule has 0 bridgehead atoms. The standard InChI is InChI=1S/C19H22N4O4S/c1-3-27-12-6-7-13-14(10-12)28-17(20-13)21-15(24)11(2)23-16(25)19(22-18(23)26)8-4-5-9-19/h6-7,10-11H,3-5,8-9H2,1-2H3,(H,22,26)(H,20,21,24)/t11-/m1/s1. The topological polar surface area (TPSA) is 101 Å². The lowest BCUT2D eigenvalue weighted by Crippen LogP contribution is -2.48. The zero-order chi connectivity index (χ0) is 19.9. The number of anilines is 1. The van der Waals surface area contributed by atoms with Crippen LogP contribution in [0.3, 0.4) is 0 Å². The summed E-state index contributed by atoms with van der Waals surface area (Å²) in [5, 5.41) is 5.95. The fourth-order valence-electron chi connectivity index (χ4n) is 3.85. The maximum Gasteiger partial charge on any atom is 0.325 e. The molecule has 2 aromatic rings. The number of urea groups is 1. The van der Waals surface area contributed by atoms with Gasteiger partial charge in [-0.15, -0.1) is 0 Å². The van der Waals surface area contributed by atoms with Crippen molar-refractivity contribution in [2.75, 3.05) is 11.9 Å². The van der Waals surface area contributed by atoms with E-state index < -0.39 is 23.5 Å². The van der Waals surface area contributed by atoms with Crippen LogP contribution in [0.25, 0.3) is 10.2 Å². The molecule has 1 saturated carbocycles. The quantitative estimate of drug-likeness (QED) is 0.749. The van der Waals surface area contributed by atoms with Crippen LogP contribution in [-0.2, 0) is 9.59 Å². The Balaban J connectivity index is 1.49. The van der Waals surface area contributed by atoms with E-state index >= 15 is 0 Å². The second-order valence-electron chi connectivity index (χ2n) is 7.14. The lowest BCUT2D eigenvalue weighted by molar-refractivity contribution is -0.136. The molecule has 1 aromatic heterocycles. The summed E-state index contributed by atoms with van der Waals surface area (Å²) in [6.07, 6.45) is 3.05. The smallest absolute Gasteiger partial charge is 0.325 e. The summed E-state index contributed by atoms with van der Waals surface area (Å²) < 4.78 is 6.37. The van der Waals surface area contributed by atoms with Crippen LogP contribution < -0.4 is 15.4 Å². The lowest BCUT2D eigenvalue weighted by atomic mass is 9.97. The molecular weight excluding hydrogens is 380 g/mol. The zero-order valence-corrected chi connectivity index (χ0v) is 16.6. The number of thiazole rings is 1. The van der Waals surface area contributed by atoms with Crippen LogP contribution in [-0.4, -0.2) is 45.9 Å². The second-order valence-corrected chi connectivity index (χ2v) is 8.17. The number of ether oxygens (including phenoxy) is 1. The molecule has 2 heterocycles. The van der Waals surface area contributed by atoms with Crippen LogP contribution in [0.5, 0.6) is 5.75 Å². The second kappa shape index (κ2) is 7.05. The monoisotopic (exact) mass is 402 g/mol. The SMILES string of the molecule is CCOc1ccc2nc(NC(=O)[C@@H](C)N3C(=O)NC4(CCCC4)C3=O)sc2c1. The summed E-state index contributed by atoms with van der Waals surface area (Å²) in [6.45, 7) is 4.04. The Bertz CT molecular complexity index is 951. The highest BCUT2D eigenvalue weighted by Gasteiger charge is 2.54. The van der Waals surface area contributed by atoms with Crippen molar-refractivity contribution in [1.29, 1.82) is 0 Å². The van der Waals surface area contributed by atoms with E-state index in [2.05, 4.69) is 15.6 Å². The van der Waals surface area contributed by atoms with E-state index in [1.807, 2.05) is 25.1 Å². The number of carbonyl (C=O) groups is 3. The van der Waals surface area contributed by atoms with Gasteiger partial charge >= 0.3 is 6.03 Å². The van der Waals surface area contributed by atoms with Crippen LogP contribution in [0.15, 0.2) is 18.2 Å². The fourth-order valence-corrected chi connectivity index (χ4v) is 4.75. The molecule has 1 aromatic carbocycles. The minimum absolute atomic E-state index is 0.302. The number of amides is 4. The molecule has 4 rings (SSSR count). The predicted octanol–water partition coefficient (Wildman–Crippen LogP) is 2.89. The molecule has 1 spiro atoms. The molecule has 2 aliphatic rings. The fraction of sp³-hybridized carbons (Fsp3) is 0.474. The lowest BCUT2D eigenvalue weighted by Gasteiger charge is -2.23. The number of rotatable bonds is 5. The predicted molar refractivity (Wildman–Crippen MR) is 105 cm³/mol.